The number of hydrogen-bond donors (Lipinski definition) is 0. The fraction of sp³-hybridized carbons (Fsp3) is 0.400. The van der Waals surface area contributed by atoms with Gasteiger partial charge < -0.3 is 14.4 Å². The molecule has 0 spiro atoms. The standard InChI is InChI=1S/C25H30FN3O3S/c1-5-8-29-16-24(33(31,32)23-13-17(2)6-7-18(23)3)25(30)19-14-20(26)22(15-21(19)29)28-11-9-27(4)10-12-28/h6-7,13-16H,5,8-12H2,1-4H3. The maximum atomic E-state index is 15.2. The quantitative estimate of drug-likeness (QED) is 0.567. The van der Waals surface area contributed by atoms with Crippen molar-refractivity contribution in [2.24, 2.45) is 0 Å². The van der Waals surface area contributed by atoms with Crippen LogP contribution in [0.4, 0.5) is 10.1 Å². The van der Waals surface area contributed by atoms with Gasteiger partial charge in [0.1, 0.15) is 10.7 Å². The van der Waals surface area contributed by atoms with Crippen LogP contribution in [0.5, 0.6) is 0 Å². The maximum absolute atomic E-state index is 15.2. The minimum absolute atomic E-state index is 0.0882. The zero-order chi connectivity index (χ0) is 23.9. The Labute approximate surface area is 194 Å². The summed E-state index contributed by atoms with van der Waals surface area (Å²) in [7, 11) is -2.04. The highest BCUT2D eigenvalue weighted by molar-refractivity contribution is 7.91. The van der Waals surface area contributed by atoms with Gasteiger partial charge in [-0.1, -0.05) is 19.1 Å². The van der Waals surface area contributed by atoms with Gasteiger partial charge in [0.25, 0.3) is 0 Å². The summed E-state index contributed by atoms with van der Waals surface area (Å²) < 4.78 is 44.1. The summed E-state index contributed by atoms with van der Waals surface area (Å²) in [5.41, 5.74) is 1.69. The fourth-order valence-electron chi connectivity index (χ4n) is 4.40. The average Bonchev–Trinajstić information content (AvgIpc) is 2.77. The van der Waals surface area contributed by atoms with Gasteiger partial charge in [0, 0.05) is 38.9 Å². The van der Waals surface area contributed by atoms with Gasteiger partial charge >= 0.3 is 0 Å². The molecule has 8 heteroatoms. The van der Waals surface area contributed by atoms with E-state index in [0.717, 1.165) is 25.1 Å². The minimum atomic E-state index is -4.08. The molecule has 33 heavy (non-hydrogen) atoms. The smallest absolute Gasteiger partial charge is 0.212 e. The first-order chi connectivity index (χ1) is 15.6. The summed E-state index contributed by atoms with van der Waals surface area (Å²) in [5.74, 6) is -0.506. The minimum Gasteiger partial charge on any atom is -0.367 e. The van der Waals surface area contributed by atoms with Crippen LogP contribution in [0.1, 0.15) is 24.5 Å². The monoisotopic (exact) mass is 471 g/mol. The molecular formula is C25H30FN3O3S. The number of halogens is 1. The Hall–Kier alpha value is -2.71. The molecule has 0 bridgehead atoms. The van der Waals surface area contributed by atoms with Crippen molar-refractivity contribution >= 4 is 26.4 Å². The first-order valence-electron chi connectivity index (χ1n) is 11.3. The summed E-state index contributed by atoms with van der Waals surface area (Å²) in [4.78, 5) is 17.4. The molecule has 0 amide bonds. The molecule has 0 N–H and O–H groups in total. The summed E-state index contributed by atoms with van der Waals surface area (Å²) in [5, 5.41) is 0.0882. The highest BCUT2D eigenvalue weighted by Crippen LogP contribution is 2.29. The molecule has 0 radical (unpaired) electrons. The van der Waals surface area contributed by atoms with Gasteiger partial charge in [0.2, 0.25) is 15.3 Å². The van der Waals surface area contributed by atoms with Crippen LogP contribution < -0.4 is 10.3 Å². The average molecular weight is 472 g/mol. The van der Waals surface area contributed by atoms with Crippen LogP contribution in [0.3, 0.4) is 0 Å². The number of aryl methyl sites for hydroxylation is 3. The molecule has 0 unspecified atom stereocenters. The van der Waals surface area contributed by atoms with E-state index in [1.54, 1.807) is 29.7 Å². The van der Waals surface area contributed by atoms with Crippen LogP contribution >= 0.6 is 0 Å². The van der Waals surface area contributed by atoms with E-state index in [4.69, 9.17) is 0 Å². The molecular weight excluding hydrogens is 441 g/mol. The normalized spacial score (nSPS) is 15.4. The molecule has 1 aromatic heterocycles. The van der Waals surface area contributed by atoms with E-state index in [2.05, 4.69) is 4.90 Å². The van der Waals surface area contributed by atoms with Crippen molar-refractivity contribution < 1.29 is 12.8 Å². The van der Waals surface area contributed by atoms with E-state index in [0.29, 0.717) is 36.4 Å². The van der Waals surface area contributed by atoms with Crippen LogP contribution in [-0.4, -0.2) is 51.1 Å². The first kappa shape index (κ1) is 23.4. The Kier molecular flexibility index (Phi) is 6.33. The van der Waals surface area contributed by atoms with Crippen molar-refractivity contribution in [1.29, 1.82) is 0 Å². The van der Waals surface area contributed by atoms with E-state index >= 15 is 4.39 Å². The van der Waals surface area contributed by atoms with Crippen molar-refractivity contribution in [3.05, 3.63) is 63.7 Å². The van der Waals surface area contributed by atoms with E-state index < -0.39 is 21.1 Å². The predicted molar refractivity (Wildman–Crippen MR) is 130 cm³/mol. The number of sulfone groups is 1. The molecule has 3 aromatic rings. The van der Waals surface area contributed by atoms with Crippen molar-refractivity contribution in [2.45, 2.75) is 43.5 Å². The molecule has 0 atom stereocenters. The SMILES string of the molecule is CCCn1cc(S(=O)(=O)c2cc(C)ccc2C)c(=O)c2cc(F)c(N3CCN(C)CC3)cc21. The largest absolute Gasteiger partial charge is 0.367 e. The van der Waals surface area contributed by atoms with Gasteiger partial charge in [0.15, 0.2) is 0 Å². The van der Waals surface area contributed by atoms with Crippen LogP contribution in [0.15, 0.2) is 51.1 Å². The number of aromatic nitrogens is 1. The number of likely N-dealkylation sites (N-methyl/N-ethyl adjacent to an activating group) is 1. The maximum Gasteiger partial charge on any atom is 0.212 e. The number of rotatable bonds is 5. The van der Waals surface area contributed by atoms with Crippen molar-refractivity contribution in [2.75, 3.05) is 38.1 Å². The molecule has 4 rings (SSSR count). The lowest BCUT2D eigenvalue weighted by Gasteiger charge is -2.34. The molecule has 0 aliphatic carbocycles. The summed E-state index contributed by atoms with van der Waals surface area (Å²) in [6.07, 6.45) is 2.17. The third-order valence-corrected chi connectivity index (χ3v) is 8.24. The number of fused-ring (bicyclic) bond motifs is 1. The third-order valence-electron chi connectivity index (χ3n) is 6.35. The molecule has 6 nitrogen and oxygen atoms in total. The number of benzene rings is 2. The summed E-state index contributed by atoms with van der Waals surface area (Å²) >= 11 is 0. The zero-order valence-electron chi connectivity index (χ0n) is 19.6. The number of nitrogens with zero attached hydrogens (tertiary/aromatic N) is 3. The molecule has 2 heterocycles. The Morgan fingerprint density at radius 2 is 1.70 bits per heavy atom. The summed E-state index contributed by atoms with van der Waals surface area (Å²) in [6, 6.07) is 8.05. The lowest BCUT2D eigenvalue weighted by Crippen LogP contribution is -2.44. The molecule has 176 valence electrons. The zero-order valence-corrected chi connectivity index (χ0v) is 20.4. The fourth-order valence-corrected chi connectivity index (χ4v) is 6.08. The van der Waals surface area contributed by atoms with Gasteiger partial charge in [0.05, 0.1) is 21.5 Å². The van der Waals surface area contributed by atoms with Gasteiger partial charge in [-0.2, -0.15) is 0 Å². The van der Waals surface area contributed by atoms with Crippen LogP contribution in [0, 0.1) is 19.7 Å². The van der Waals surface area contributed by atoms with E-state index in [9.17, 15) is 13.2 Å². The van der Waals surface area contributed by atoms with E-state index in [-0.39, 0.29) is 15.2 Å². The number of anilines is 1. The van der Waals surface area contributed by atoms with Crippen LogP contribution in [0.2, 0.25) is 0 Å². The van der Waals surface area contributed by atoms with E-state index in [1.165, 1.54) is 12.3 Å². The van der Waals surface area contributed by atoms with Gasteiger partial charge in [-0.05, 0) is 56.6 Å². The first-order valence-corrected chi connectivity index (χ1v) is 12.7. The molecule has 2 aromatic carbocycles. The van der Waals surface area contributed by atoms with Gasteiger partial charge in [-0.25, -0.2) is 12.8 Å². The Morgan fingerprint density at radius 3 is 2.36 bits per heavy atom. The Balaban J connectivity index is 1.93. The molecule has 1 saturated heterocycles. The number of piperazine rings is 1. The van der Waals surface area contributed by atoms with Crippen molar-refractivity contribution in [3.8, 4) is 0 Å². The highest BCUT2D eigenvalue weighted by atomic mass is 32.2. The van der Waals surface area contributed by atoms with Crippen LogP contribution in [0.25, 0.3) is 10.9 Å². The number of pyridine rings is 1. The van der Waals surface area contributed by atoms with Crippen LogP contribution in [-0.2, 0) is 16.4 Å². The Bertz CT molecular complexity index is 1370. The van der Waals surface area contributed by atoms with Crippen molar-refractivity contribution in [3.63, 3.8) is 0 Å². The topological polar surface area (TPSA) is 62.6 Å². The Morgan fingerprint density at radius 1 is 1.00 bits per heavy atom. The van der Waals surface area contributed by atoms with Gasteiger partial charge in [-0.3, -0.25) is 4.79 Å². The van der Waals surface area contributed by atoms with E-state index in [1.807, 2.05) is 31.9 Å². The predicted octanol–water partition coefficient (Wildman–Crippen LogP) is 3.75. The third kappa shape index (κ3) is 4.29. The number of hydrogen-bond acceptors (Lipinski definition) is 5. The van der Waals surface area contributed by atoms with Gasteiger partial charge in [-0.15, -0.1) is 0 Å². The molecule has 1 fully saturated rings. The molecule has 0 saturated carbocycles. The second-order valence-electron chi connectivity index (χ2n) is 8.90. The molecule has 1 aliphatic rings. The second-order valence-corrected chi connectivity index (χ2v) is 10.8. The second kappa shape index (κ2) is 8.91. The lowest BCUT2D eigenvalue weighted by atomic mass is 10.1. The van der Waals surface area contributed by atoms with Crippen molar-refractivity contribution in [1.82, 2.24) is 9.47 Å². The summed E-state index contributed by atoms with van der Waals surface area (Å²) in [6.45, 7) is 9.04. The highest BCUT2D eigenvalue weighted by Gasteiger charge is 2.27. The lowest BCUT2D eigenvalue weighted by molar-refractivity contribution is 0.312. The molecule has 1 aliphatic heterocycles.